The van der Waals surface area contributed by atoms with E-state index in [-0.39, 0.29) is 13.0 Å². The first-order valence-corrected chi connectivity index (χ1v) is 7.75. The Hall–Kier alpha value is -2.88. The van der Waals surface area contributed by atoms with Gasteiger partial charge in [0, 0.05) is 0 Å². The van der Waals surface area contributed by atoms with E-state index in [2.05, 4.69) is 0 Å². The lowest BCUT2D eigenvalue weighted by Gasteiger charge is -2.22. The van der Waals surface area contributed by atoms with E-state index in [1.54, 1.807) is 6.08 Å². The zero-order valence-corrected chi connectivity index (χ0v) is 13.6. The van der Waals surface area contributed by atoms with Crippen LogP contribution >= 0.6 is 0 Å². The van der Waals surface area contributed by atoms with Gasteiger partial charge in [0.05, 0.1) is 0 Å². The van der Waals surface area contributed by atoms with E-state index in [4.69, 9.17) is 10.5 Å². The fraction of sp³-hybridized carbons (Fsp3) is 0.200. The first-order valence-electron chi connectivity index (χ1n) is 7.75. The Bertz CT molecular complexity index is 710. The Morgan fingerprint density at radius 1 is 1.04 bits per heavy atom. The summed E-state index contributed by atoms with van der Waals surface area (Å²) in [5, 5.41) is 0. The van der Waals surface area contributed by atoms with Crippen LogP contribution in [-0.4, -0.2) is 11.9 Å². The number of primary amides is 1. The van der Waals surface area contributed by atoms with Gasteiger partial charge in [-0.2, -0.15) is 0 Å². The maximum atomic E-state index is 12.4. The summed E-state index contributed by atoms with van der Waals surface area (Å²) in [6.45, 7) is 1.63. The predicted molar refractivity (Wildman–Crippen MR) is 93.6 cm³/mol. The molecule has 0 radical (unpaired) electrons. The molecule has 4 nitrogen and oxygen atoms in total. The SMILES string of the molecule is C[C@@](C/C=C/c1ccccc1)(C(N)=O)C(=O)OCc1ccccc1. The molecule has 2 aromatic carbocycles. The standard InChI is InChI=1S/C20H21NO3/c1-20(18(21)22,14-8-13-16-9-4-2-5-10-16)19(23)24-15-17-11-6-3-7-12-17/h2-13H,14-15H2,1H3,(H2,21,22)/b13-8+/t20-/m1/s1. The van der Waals surface area contributed by atoms with E-state index >= 15 is 0 Å². The lowest BCUT2D eigenvalue weighted by atomic mass is 9.85. The zero-order valence-electron chi connectivity index (χ0n) is 13.6. The zero-order chi connectivity index (χ0) is 17.4. The number of hydrogen-bond acceptors (Lipinski definition) is 3. The summed E-state index contributed by atoms with van der Waals surface area (Å²) in [5.74, 6) is -1.31. The molecule has 2 aromatic rings. The van der Waals surface area contributed by atoms with Gasteiger partial charge in [-0.05, 0) is 24.5 Å². The molecule has 0 aliphatic carbocycles. The van der Waals surface area contributed by atoms with Crippen molar-refractivity contribution in [2.24, 2.45) is 11.1 Å². The van der Waals surface area contributed by atoms with Crippen molar-refractivity contribution >= 4 is 18.0 Å². The van der Waals surface area contributed by atoms with Gasteiger partial charge in [0.15, 0.2) is 0 Å². The predicted octanol–water partition coefficient (Wildman–Crippen LogP) is 3.32. The topological polar surface area (TPSA) is 69.4 Å². The Kier molecular flexibility index (Phi) is 5.90. The summed E-state index contributed by atoms with van der Waals surface area (Å²) in [6, 6.07) is 18.9. The molecule has 0 bridgehead atoms. The number of esters is 1. The maximum absolute atomic E-state index is 12.4. The van der Waals surface area contributed by atoms with Crippen molar-refractivity contribution in [3.63, 3.8) is 0 Å². The molecule has 0 aromatic heterocycles. The van der Waals surface area contributed by atoms with Crippen LogP contribution < -0.4 is 5.73 Å². The molecule has 0 unspecified atom stereocenters. The number of benzene rings is 2. The van der Waals surface area contributed by atoms with Gasteiger partial charge in [-0.1, -0.05) is 72.8 Å². The van der Waals surface area contributed by atoms with Crippen LogP contribution in [0.4, 0.5) is 0 Å². The molecule has 0 saturated carbocycles. The van der Waals surface area contributed by atoms with Gasteiger partial charge in [0.2, 0.25) is 5.91 Å². The molecule has 2 N–H and O–H groups in total. The number of ether oxygens (including phenoxy) is 1. The highest BCUT2D eigenvalue weighted by Gasteiger charge is 2.40. The Morgan fingerprint density at radius 2 is 1.62 bits per heavy atom. The fourth-order valence-electron chi connectivity index (χ4n) is 2.16. The van der Waals surface area contributed by atoms with Gasteiger partial charge in [0.25, 0.3) is 0 Å². The first-order chi connectivity index (χ1) is 11.5. The second-order valence-electron chi connectivity index (χ2n) is 5.78. The summed E-state index contributed by atoms with van der Waals surface area (Å²) in [5.41, 5.74) is 5.90. The smallest absolute Gasteiger partial charge is 0.322 e. The highest BCUT2D eigenvalue weighted by atomic mass is 16.5. The molecule has 2 rings (SSSR count). The molecule has 0 fully saturated rings. The van der Waals surface area contributed by atoms with Crippen LogP contribution in [0.15, 0.2) is 66.7 Å². The molecule has 1 atom stereocenters. The largest absolute Gasteiger partial charge is 0.460 e. The third kappa shape index (κ3) is 4.56. The van der Waals surface area contributed by atoms with Crippen molar-refractivity contribution in [1.82, 2.24) is 0 Å². The molecule has 0 aliphatic rings. The second-order valence-corrected chi connectivity index (χ2v) is 5.78. The van der Waals surface area contributed by atoms with E-state index in [1.807, 2.05) is 66.7 Å². The molecule has 1 amide bonds. The minimum atomic E-state index is -1.39. The highest BCUT2D eigenvalue weighted by Crippen LogP contribution is 2.25. The summed E-state index contributed by atoms with van der Waals surface area (Å²) in [4.78, 5) is 24.2. The van der Waals surface area contributed by atoms with Gasteiger partial charge >= 0.3 is 5.97 Å². The van der Waals surface area contributed by atoms with Crippen molar-refractivity contribution in [2.75, 3.05) is 0 Å². The molecular weight excluding hydrogens is 302 g/mol. The van der Waals surface area contributed by atoms with Crippen LogP contribution in [0.5, 0.6) is 0 Å². The van der Waals surface area contributed by atoms with Crippen molar-refractivity contribution in [3.8, 4) is 0 Å². The van der Waals surface area contributed by atoms with Crippen LogP contribution in [0.25, 0.3) is 6.08 Å². The molecule has 0 saturated heterocycles. The molecule has 124 valence electrons. The average molecular weight is 323 g/mol. The summed E-state index contributed by atoms with van der Waals surface area (Å²) in [6.07, 6.45) is 3.81. The monoisotopic (exact) mass is 323 g/mol. The van der Waals surface area contributed by atoms with E-state index in [0.29, 0.717) is 0 Å². The van der Waals surface area contributed by atoms with Gasteiger partial charge in [-0.25, -0.2) is 0 Å². The number of hydrogen-bond donors (Lipinski definition) is 1. The third-order valence-electron chi connectivity index (χ3n) is 3.84. The number of allylic oxidation sites excluding steroid dienone is 1. The maximum Gasteiger partial charge on any atom is 0.322 e. The van der Waals surface area contributed by atoms with Gasteiger partial charge in [-0.15, -0.1) is 0 Å². The number of amides is 1. The fourth-order valence-corrected chi connectivity index (χ4v) is 2.16. The van der Waals surface area contributed by atoms with Crippen LogP contribution in [0.2, 0.25) is 0 Å². The van der Waals surface area contributed by atoms with Crippen molar-refractivity contribution < 1.29 is 14.3 Å². The quantitative estimate of drug-likeness (QED) is 0.627. The molecule has 0 spiro atoms. The van der Waals surface area contributed by atoms with Gasteiger partial charge in [-0.3, -0.25) is 9.59 Å². The summed E-state index contributed by atoms with van der Waals surface area (Å²) in [7, 11) is 0. The van der Waals surface area contributed by atoms with Crippen LogP contribution in [0, 0.1) is 5.41 Å². The van der Waals surface area contributed by atoms with Crippen LogP contribution in [0.3, 0.4) is 0 Å². The molecule has 4 heteroatoms. The van der Waals surface area contributed by atoms with Crippen LogP contribution in [-0.2, 0) is 20.9 Å². The van der Waals surface area contributed by atoms with Crippen LogP contribution in [0.1, 0.15) is 24.5 Å². The van der Waals surface area contributed by atoms with E-state index < -0.39 is 17.3 Å². The lowest BCUT2D eigenvalue weighted by molar-refractivity contribution is -0.160. The highest BCUT2D eigenvalue weighted by molar-refractivity contribution is 6.01. The van der Waals surface area contributed by atoms with Gasteiger partial charge in [0.1, 0.15) is 12.0 Å². The van der Waals surface area contributed by atoms with Crippen molar-refractivity contribution in [2.45, 2.75) is 20.0 Å². The number of nitrogens with two attached hydrogens (primary N) is 1. The number of rotatable bonds is 7. The second kappa shape index (κ2) is 8.11. The average Bonchev–Trinajstić information content (AvgIpc) is 2.61. The molecule has 24 heavy (non-hydrogen) atoms. The van der Waals surface area contributed by atoms with Crippen molar-refractivity contribution in [1.29, 1.82) is 0 Å². The third-order valence-corrected chi connectivity index (χ3v) is 3.84. The Labute approximate surface area is 141 Å². The molecule has 0 aliphatic heterocycles. The lowest BCUT2D eigenvalue weighted by Crippen LogP contribution is -2.42. The van der Waals surface area contributed by atoms with E-state index in [1.165, 1.54) is 6.92 Å². The number of carbonyl (C=O) groups is 2. The normalized spacial score (nSPS) is 13.4. The van der Waals surface area contributed by atoms with E-state index in [0.717, 1.165) is 11.1 Å². The number of carbonyl (C=O) groups excluding carboxylic acids is 2. The van der Waals surface area contributed by atoms with E-state index in [9.17, 15) is 9.59 Å². The van der Waals surface area contributed by atoms with Crippen molar-refractivity contribution in [3.05, 3.63) is 77.9 Å². The summed E-state index contributed by atoms with van der Waals surface area (Å²) >= 11 is 0. The minimum absolute atomic E-state index is 0.116. The summed E-state index contributed by atoms with van der Waals surface area (Å²) < 4.78 is 5.28. The minimum Gasteiger partial charge on any atom is -0.460 e. The molecule has 0 heterocycles. The Balaban J connectivity index is 2.01. The molecular formula is C20H21NO3. The first kappa shape index (κ1) is 17.5. The Morgan fingerprint density at radius 3 is 2.21 bits per heavy atom. The van der Waals surface area contributed by atoms with Gasteiger partial charge < -0.3 is 10.5 Å².